The lowest BCUT2D eigenvalue weighted by molar-refractivity contribution is 0.532. The van der Waals surface area contributed by atoms with Crippen molar-refractivity contribution in [3.05, 3.63) is 11.6 Å². The van der Waals surface area contributed by atoms with Crippen molar-refractivity contribution in [2.45, 2.75) is 52.5 Å². The molecule has 0 fully saturated rings. The first-order valence-corrected chi connectivity index (χ1v) is 5.84. The van der Waals surface area contributed by atoms with Crippen LogP contribution in [0.4, 0.5) is 0 Å². The number of aromatic nitrogens is 3. The molecule has 4 heteroatoms. The zero-order valence-corrected chi connectivity index (χ0v) is 10.0. The lowest BCUT2D eigenvalue weighted by Gasteiger charge is -2.15. The van der Waals surface area contributed by atoms with Crippen molar-refractivity contribution in [3.63, 3.8) is 0 Å². The zero-order chi connectivity index (χ0) is 11.3. The molecule has 0 saturated heterocycles. The van der Waals surface area contributed by atoms with Gasteiger partial charge in [0.25, 0.3) is 0 Å². The van der Waals surface area contributed by atoms with Crippen molar-refractivity contribution in [1.82, 2.24) is 14.8 Å². The van der Waals surface area contributed by atoms with Crippen LogP contribution in [0.15, 0.2) is 0 Å². The number of nitrogens with two attached hydrogens (primary N) is 1. The fraction of sp³-hybridized carbons (Fsp3) is 0.818. The number of aryl methyl sites for hydroxylation is 1. The maximum Gasteiger partial charge on any atom is 0.137 e. The standard InChI is InChI=1S/C11H22N4/c1-4-6-10(8-12)11-14-13-9(3)15(11)7-5-2/h10H,4-8,12H2,1-3H3. The average Bonchev–Trinajstić information content (AvgIpc) is 2.58. The minimum Gasteiger partial charge on any atom is -0.330 e. The van der Waals surface area contributed by atoms with E-state index in [9.17, 15) is 0 Å². The lowest BCUT2D eigenvalue weighted by Crippen LogP contribution is -2.18. The van der Waals surface area contributed by atoms with Gasteiger partial charge in [0.15, 0.2) is 0 Å². The summed E-state index contributed by atoms with van der Waals surface area (Å²) in [5, 5.41) is 8.40. The van der Waals surface area contributed by atoms with Gasteiger partial charge in [0.05, 0.1) is 0 Å². The molecule has 0 radical (unpaired) electrons. The predicted octanol–water partition coefficient (Wildman–Crippen LogP) is 1.84. The Hall–Kier alpha value is -0.900. The maximum atomic E-state index is 5.78. The highest BCUT2D eigenvalue weighted by atomic mass is 15.3. The molecule has 0 saturated carbocycles. The molecule has 1 aromatic rings. The molecular weight excluding hydrogens is 188 g/mol. The fourth-order valence-electron chi connectivity index (χ4n) is 1.90. The molecule has 0 aromatic carbocycles. The van der Waals surface area contributed by atoms with Gasteiger partial charge in [-0.3, -0.25) is 0 Å². The summed E-state index contributed by atoms with van der Waals surface area (Å²) in [6.45, 7) is 8.01. The first-order chi connectivity index (χ1) is 7.24. The Bertz CT molecular complexity index is 293. The van der Waals surface area contributed by atoms with Gasteiger partial charge in [0.2, 0.25) is 0 Å². The molecular formula is C11H22N4. The molecule has 2 N–H and O–H groups in total. The number of hydrogen-bond donors (Lipinski definition) is 1. The SMILES string of the molecule is CCCC(CN)c1nnc(C)n1CCC. The van der Waals surface area contributed by atoms with Crippen molar-refractivity contribution in [2.75, 3.05) is 6.54 Å². The summed E-state index contributed by atoms with van der Waals surface area (Å²) in [5.74, 6) is 2.43. The molecule has 0 amide bonds. The Balaban J connectivity index is 2.90. The van der Waals surface area contributed by atoms with Gasteiger partial charge in [-0.05, 0) is 19.8 Å². The summed E-state index contributed by atoms with van der Waals surface area (Å²) in [5.41, 5.74) is 5.78. The van der Waals surface area contributed by atoms with E-state index in [0.29, 0.717) is 12.5 Å². The second-order valence-corrected chi connectivity index (χ2v) is 3.98. The first kappa shape index (κ1) is 12.2. The minimum absolute atomic E-state index is 0.364. The van der Waals surface area contributed by atoms with E-state index in [4.69, 9.17) is 5.73 Å². The number of rotatable bonds is 6. The first-order valence-electron chi connectivity index (χ1n) is 5.84. The van der Waals surface area contributed by atoms with E-state index in [1.165, 1.54) is 0 Å². The van der Waals surface area contributed by atoms with Gasteiger partial charge in [-0.25, -0.2) is 0 Å². The Labute approximate surface area is 91.9 Å². The van der Waals surface area contributed by atoms with Gasteiger partial charge >= 0.3 is 0 Å². The normalized spacial score (nSPS) is 13.1. The Morgan fingerprint density at radius 3 is 2.53 bits per heavy atom. The van der Waals surface area contributed by atoms with Crippen molar-refractivity contribution in [2.24, 2.45) is 5.73 Å². The van der Waals surface area contributed by atoms with E-state index in [1.54, 1.807) is 0 Å². The van der Waals surface area contributed by atoms with Crippen molar-refractivity contribution in [3.8, 4) is 0 Å². The monoisotopic (exact) mass is 210 g/mol. The van der Waals surface area contributed by atoms with Crippen LogP contribution >= 0.6 is 0 Å². The summed E-state index contributed by atoms with van der Waals surface area (Å²) in [6, 6.07) is 0. The summed E-state index contributed by atoms with van der Waals surface area (Å²) in [7, 11) is 0. The highest BCUT2D eigenvalue weighted by molar-refractivity contribution is 5.01. The smallest absolute Gasteiger partial charge is 0.137 e. The van der Waals surface area contributed by atoms with E-state index < -0.39 is 0 Å². The van der Waals surface area contributed by atoms with Crippen LogP contribution in [0.1, 0.15) is 50.7 Å². The number of hydrogen-bond acceptors (Lipinski definition) is 3. The van der Waals surface area contributed by atoms with E-state index >= 15 is 0 Å². The molecule has 0 aliphatic carbocycles. The van der Waals surface area contributed by atoms with E-state index in [0.717, 1.165) is 37.5 Å². The molecule has 1 atom stereocenters. The molecule has 1 aromatic heterocycles. The molecule has 1 heterocycles. The van der Waals surface area contributed by atoms with E-state index in [1.807, 2.05) is 6.92 Å². The number of nitrogens with zero attached hydrogens (tertiary/aromatic N) is 3. The molecule has 15 heavy (non-hydrogen) atoms. The van der Waals surface area contributed by atoms with Crippen LogP contribution in [0.25, 0.3) is 0 Å². The summed E-state index contributed by atoms with van der Waals surface area (Å²) >= 11 is 0. The van der Waals surface area contributed by atoms with E-state index in [2.05, 4.69) is 28.6 Å². The zero-order valence-electron chi connectivity index (χ0n) is 10.0. The maximum absolute atomic E-state index is 5.78. The third-order valence-electron chi connectivity index (χ3n) is 2.70. The average molecular weight is 210 g/mol. The molecule has 0 spiro atoms. The van der Waals surface area contributed by atoms with Gasteiger partial charge in [-0.15, -0.1) is 10.2 Å². The largest absolute Gasteiger partial charge is 0.330 e. The van der Waals surface area contributed by atoms with Crippen LogP contribution in [0.2, 0.25) is 0 Å². The Morgan fingerprint density at radius 2 is 2.00 bits per heavy atom. The quantitative estimate of drug-likeness (QED) is 0.779. The van der Waals surface area contributed by atoms with Crippen LogP contribution in [-0.2, 0) is 6.54 Å². The third-order valence-corrected chi connectivity index (χ3v) is 2.70. The van der Waals surface area contributed by atoms with Gasteiger partial charge in [-0.1, -0.05) is 20.3 Å². The topological polar surface area (TPSA) is 56.7 Å². The minimum atomic E-state index is 0.364. The van der Waals surface area contributed by atoms with Crippen molar-refractivity contribution >= 4 is 0 Å². The summed E-state index contributed by atoms with van der Waals surface area (Å²) in [4.78, 5) is 0. The van der Waals surface area contributed by atoms with Crippen LogP contribution in [0.5, 0.6) is 0 Å². The highest BCUT2D eigenvalue weighted by Gasteiger charge is 2.17. The lowest BCUT2D eigenvalue weighted by atomic mass is 10.0. The molecule has 0 aliphatic heterocycles. The van der Waals surface area contributed by atoms with Gasteiger partial charge in [0, 0.05) is 19.0 Å². The van der Waals surface area contributed by atoms with E-state index in [-0.39, 0.29) is 0 Å². The van der Waals surface area contributed by atoms with Crippen LogP contribution in [0, 0.1) is 6.92 Å². The van der Waals surface area contributed by atoms with Gasteiger partial charge in [-0.2, -0.15) is 0 Å². The molecule has 0 aliphatic rings. The molecule has 86 valence electrons. The second kappa shape index (κ2) is 5.85. The third kappa shape index (κ3) is 2.78. The van der Waals surface area contributed by atoms with Gasteiger partial charge < -0.3 is 10.3 Å². The Kier molecular flexibility index (Phi) is 4.75. The fourth-order valence-corrected chi connectivity index (χ4v) is 1.90. The summed E-state index contributed by atoms with van der Waals surface area (Å²) < 4.78 is 2.20. The molecule has 4 nitrogen and oxygen atoms in total. The van der Waals surface area contributed by atoms with Crippen LogP contribution in [0.3, 0.4) is 0 Å². The molecule has 1 unspecified atom stereocenters. The summed E-state index contributed by atoms with van der Waals surface area (Å²) in [6.07, 6.45) is 3.34. The van der Waals surface area contributed by atoms with Gasteiger partial charge in [0.1, 0.15) is 11.6 Å². The highest BCUT2D eigenvalue weighted by Crippen LogP contribution is 2.19. The second-order valence-electron chi connectivity index (χ2n) is 3.98. The van der Waals surface area contributed by atoms with Crippen LogP contribution in [-0.4, -0.2) is 21.3 Å². The van der Waals surface area contributed by atoms with Crippen molar-refractivity contribution < 1.29 is 0 Å². The molecule has 1 rings (SSSR count). The van der Waals surface area contributed by atoms with Crippen molar-refractivity contribution in [1.29, 1.82) is 0 Å². The predicted molar refractivity (Wildman–Crippen MR) is 61.8 cm³/mol. The van der Waals surface area contributed by atoms with Crippen LogP contribution < -0.4 is 5.73 Å². The Morgan fingerprint density at radius 1 is 1.27 bits per heavy atom. The molecule has 0 bridgehead atoms.